The number of thiazole rings is 1. The number of fused-ring (bicyclic) bond motifs is 1. The number of thioether (sulfide) groups is 1. The first-order valence-corrected chi connectivity index (χ1v) is 12.8. The summed E-state index contributed by atoms with van der Waals surface area (Å²) in [5, 5.41) is 1.10. The second kappa shape index (κ2) is 11.9. The lowest BCUT2D eigenvalue weighted by Crippen LogP contribution is -2.38. The molecular formula is C23H26ClF2N3OS2. The minimum atomic E-state index is -0.710. The van der Waals surface area contributed by atoms with E-state index < -0.39 is 11.6 Å². The van der Waals surface area contributed by atoms with Gasteiger partial charge in [-0.3, -0.25) is 9.69 Å². The molecule has 32 heavy (non-hydrogen) atoms. The van der Waals surface area contributed by atoms with Crippen LogP contribution in [-0.2, 0) is 4.79 Å². The molecule has 4 nitrogen and oxygen atoms in total. The highest BCUT2D eigenvalue weighted by Crippen LogP contribution is 2.32. The van der Waals surface area contributed by atoms with Crippen LogP contribution in [0.1, 0.15) is 26.7 Å². The van der Waals surface area contributed by atoms with Gasteiger partial charge >= 0.3 is 0 Å². The van der Waals surface area contributed by atoms with E-state index in [-0.39, 0.29) is 11.4 Å². The van der Waals surface area contributed by atoms with E-state index in [2.05, 4.69) is 23.7 Å². The van der Waals surface area contributed by atoms with Gasteiger partial charge in [-0.1, -0.05) is 36.8 Å². The largest absolute Gasteiger partial charge is 0.302 e. The van der Waals surface area contributed by atoms with Crippen molar-refractivity contribution in [1.82, 2.24) is 9.88 Å². The van der Waals surface area contributed by atoms with Crippen molar-refractivity contribution in [2.45, 2.75) is 31.6 Å². The Labute approximate surface area is 200 Å². The van der Waals surface area contributed by atoms with Gasteiger partial charge in [0.2, 0.25) is 5.91 Å². The molecule has 0 saturated heterocycles. The Balaban J connectivity index is 1.69. The number of aromatic nitrogens is 1. The molecule has 9 heteroatoms. The van der Waals surface area contributed by atoms with E-state index in [1.165, 1.54) is 6.07 Å². The number of likely N-dealkylation sites (N-methyl/N-ethyl adjacent to an activating group) is 1. The first kappa shape index (κ1) is 24.9. The third kappa shape index (κ3) is 6.63. The van der Waals surface area contributed by atoms with Crippen LogP contribution in [0.25, 0.3) is 10.2 Å². The topological polar surface area (TPSA) is 36.4 Å². The molecule has 1 heterocycles. The second-order valence-corrected chi connectivity index (χ2v) is 9.82. The Morgan fingerprint density at radius 1 is 1.12 bits per heavy atom. The maximum absolute atomic E-state index is 14.2. The minimum absolute atomic E-state index is 0.0613. The second-order valence-electron chi connectivity index (χ2n) is 7.21. The number of anilines is 1. The lowest BCUT2D eigenvalue weighted by Gasteiger charge is -2.24. The number of nitrogens with zero attached hydrogens (tertiary/aromatic N) is 3. The van der Waals surface area contributed by atoms with Crippen LogP contribution in [0, 0.1) is 11.6 Å². The number of carbonyl (C=O) groups excluding carboxylic acids is 1. The molecule has 0 bridgehead atoms. The Hall–Kier alpha value is -1.74. The third-order valence-electron chi connectivity index (χ3n) is 5.09. The zero-order valence-corrected chi connectivity index (χ0v) is 20.5. The Morgan fingerprint density at radius 3 is 2.53 bits per heavy atom. The molecule has 0 spiro atoms. The predicted octanol–water partition coefficient (Wildman–Crippen LogP) is 6.48. The molecule has 1 amide bonds. The highest BCUT2D eigenvalue weighted by Gasteiger charge is 2.21. The third-order valence-corrected chi connectivity index (χ3v) is 7.46. The number of hydrogen-bond acceptors (Lipinski definition) is 5. The van der Waals surface area contributed by atoms with Gasteiger partial charge in [0.05, 0.1) is 4.70 Å². The van der Waals surface area contributed by atoms with Gasteiger partial charge in [-0.2, -0.15) is 0 Å². The summed E-state index contributed by atoms with van der Waals surface area (Å²) in [6, 6.07) is 9.69. The molecule has 0 radical (unpaired) electrons. The standard InChI is InChI=1S/C23H26ClF2N3OS2/c1-3-28(4-2)11-12-29(23-27-22-19(26)14-17(25)15-20(22)32-23)21(30)6-5-13-31-18-9-7-16(24)8-10-18/h7-10,14-15H,3-6,11-13H2,1-2H3. The van der Waals surface area contributed by atoms with E-state index >= 15 is 0 Å². The molecule has 1 aromatic heterocycles. The van der Waals surface area contributed by atoms with Gasteiger partial charge in [0.15, 0.2) is 10.9 Å². The van der Waals surface area contributed by atoms with Gasteiger partial charge in [0.1, 0.15) is 11.3 Å². The van der Waals surface area contributed by atoms with Gasteiger partial charge in [-0.05, 0) is 55.6 Å². The summed E-state index contributed by atoms with van der Waals surface area (Å²) in [7, 11) is 0. The van der Waals surface area contributed by atoms with Crippen LogP contribution in [0.2, 0.25) is 5.02 Å². The Kier molecular flexibility index (Phi) is 9.28. The molecule has 3 aromatic rings. The van der Waals surface area contributed by atoms with Crippen LogP contribution in [0.15, 0.2) is 41.3 Å². The van der Waals surface area contributed by atoms with Gasteiger partial charge in [-0.25, -0.2) is 13.8 Å². The molecule has 0 fully saturated rings. The zero-order valence-electron chi connectivity index (χ0n) is 18.1. The number of carbonyl (C=O) groups is 1. The monoisotopic (exact) mass is 497 g/mol. The highest BCUT2D eigenvalue weighted by molar-refractivity contribution is 7.99. The van der Waals surface area contributed by atoms with Crippen molar-refractivity contribution < 1.29 is 13.6 Å². The molecule has 0 atom stereocenters. The van der Waals surface area contributed by atoms with Crippen molar-refractivity contribution in [2.75, 3.05) is 36.8 Å². The van der Waals surface area contributed by atoms with E-state index in [1.54, 1.807) is 16.7 Å². The fourth-order valence-electron chi connectivity index (χ4n) is 3.25. The lowest BCUT2D eigenvalue weighted by atomic mass is 10.3. The fraction of sp³-hybridized carbons (Fsp3) is 0.391. The smallest absolute Gasteiger partial charge is 0.228 e. The summed E-state index contributed by atoms with van der Waals surface area (Å²) < 4.78 is 28.2. The molecular weight excluding hydrogens is 472 g/mol. The lowest BCUT2D eigenvalue weighted by molar-refractivity contribution is -0.118. The SMILES string of the molecule is CCN(CC)CCN(C(=O)CCCSc1ccc(Cl)cc1)c1nc2c(F)cc(F)cc2s1. The van der Waals surface area contributed by atoms with Crippen molar-refractivity contribution in [1.29, 1.82) is 0 Å². The van der Waals surface area contributed by atoms with Crippen molar-refractivity contribution in [3.8, 4) is 0 Å². The summed E-state index contributed by atoms with van der Waals surface area (Å²) >= 11 is 8.73. The molecule has 0 aliphatic rings. The maximum Gasteiger partial charge on any atom is 0.228 e. The summed E-state index contributed by atoms with van der Waals surface area (Å²) in [6.45, 7) is 7.02. The van der Waals surface area contributed by atoms with E-state index in [9.17, 15) is 13.6 Å². The summed E-state index contributed by atoms with van der Waals surface area (Å²) in [5.74, 6) is -0.631. The predicted molar refractivity (Wildman–Crippen MR) is 131 cm³/mol. The number of halogens is 3. The van der Waals surface area contributed by atoms with E-state index in [1.807, 2.05) is 24.3 Å². The van der Waals surface area contributed by atoms with Gasteiger partial charge in [0.25, 0.3) is 0 Å². The van der Waals surface area contributed by atoms with Crippen LogP contribution in [0.5, 0.6) is 0 Å². The van der Waals surface area contributed by atoms with Crippen molar-refractivity contribution in [2.24, 2.45) is 0 Å². The van der Waals surface area contributed by atoms with E-state index in [0.29, 0.717) is 40.8 Å². The van der Waals surface area contributed by atoms with Gasteiger partial charge in [0, 0.05) is 35.5 Å². The van der Waals surface area contributed by atoms with Crippen LogP contribution in [-0.4, -0.2) is 47.7 Å². The van der Waals surface area contributed by atoms with E-state index in [0.717, 1.165) is 41.1 Å². The summed E-state index contributed by atoms with van der Waals surface area (Å²) in [4.78, 5) is 22.4. The van der Waals surface area contributed by atoms with Crippen molar-refractivity contribution in [3.05, 3.63) is 53.1 Å². The molecule has 0 aliphatic carbocycles. The number of benzene rings is 2. The van der Waals surface area contributed by atoms with Crippen LogP contribution >= 0.6 is 34.7 Å². The van der Waals surface area contributed by atoms with Crippen molar-refractivity contribution >= 4 is 56.0 Å². The number of amides is 1. The number of hydrogen-bond donors (Lipinski definition) is 0. The van der Waals surface area contributed by atoms with Gasteiger partial charge in [-0.15, -0.1) is 11.8 Å². The normalized spacial score (nSPS) is 11.4. The van der Waals surface area contributed by atoms with E-state index in [4.69, 9.17) is 11.6 Å². The molecule has 0 aliphatic heterocycles. The van der Waals surface area contributed by atoms with Gasteiger partial charge < -0.3 is 4.90 Å². The molecule has 0 N–H and O–H groups in total. The average Bonchev–Trinajstić information content (AvgIpc) is 3.19. The average molecular weight is 498 g/mol. The minimum Gasteiger partial charge on any atom is -0.302 e. The fourth-order valence-corrected chi connectivity index (χ4v) is 5.28. The number of rotatable bonds is 11. The zero-order chi connectivity index (χ0) is 23.1. The highest BCUT2D eigenvalue weighted by atomic mass is 35.5. The summed E-state index contributed by atoms with van der Waals surface area (Å²) in [6.07, 6.45) is 1.05. The molecule has 0 saturated carbocycles. The molecule has 2 aromatic carbocycles. The quantitative estimate of drug-likeness (QED) is 0.224. The Morgan fingerprint density at radius 2 is 1.84 bits per heavy atom. The molecule has 172 valence electrons. The van der Waals surface area contributed by atoms with Crippen LogP contribution < -0.4 is 4.90 Å². The Bertz CT molecular complexity index is 1040. The van der Waals surface area contributed by atoms with Crippen LogP contribution in [0.3, 0.4) is 0 Å². The van der Waals surface area contributed by atoms with Crippen molar-refractivity contribution in [3.63, 3.8) is 0 Å². The summed E-state index contributed by atoms with van der Waals surface area (Å²) in [5.41, 5.74) is 0.102. The molecule has 0 unspecified atom stereocenters. The first-order chi connectivity index (χ1) is 15.4. The van der Waals surface area contributed by atoms with Crippen LogP contribution in [0.4, 0.5) is 13.9 Å². The molecule has 3 rings (SSSR count). The maximum atomic E-state index is 14.2. The first-order valence-electron chi connectivity index (χ1n) is 10.6.